The Kier molecular flexibility index (Phi) is 3.97. The van der Waals surface area contributed by atoms with Crippen molar-refractivity contribution in [3.63, 3.8) is 0 Å². The predicted molar refractivity (Wildman–Crippen MR) is 62.0 cm³/mol. The van der Waals surface area contributed by atoms with E-state index in [9.17, 15) is 8.78 Å². The molecular formula is C11H12BrF2N. The van der Waals surface area contributed by atoms with Crippen molar-refractivity contribution in [2.75, 3.05) is 0 Å². The molecule has 0 spiro atoms. The van der Waals surface area contributed by atoms with Gasteiger partial charge in [0.15, 0.2) is 0 Å². The van der Waals surface area contributed by atoms with Crippen molar-refractivity contribution in [1.82, 2.24) is 0 Å². The summed E-state index contributed by atoms with van der Waals surface area (Å²) in [6, 6.07) is 8.28. The maximum Gasteiger partial charge on any atom is 0.343 e. The first-order valence-corrected chi connectivity index (χ1v) is 5.41. The van der Waals surface area contributed by atoms with Crippen LogP contribution in [0, 0.1) is 0 Å². The number of hydrogen-bond donors (Lipinski definition) is 0. The fourth-order valence-corrected chi connectivity index (χ4v) is 1.50. The summed E-state index contributed by atoms with van der Waals surface area (Å²) in [7, 11) is 0. The van der Waals surface area contributed by atoms with Crippen LogP contribution in [0.15, 0.2) is 35.3 Å². The third-order valence-electron chi connectivity index (χ3n) is 1.70. The first-order chi connectivity index (χ1) is 6.91. The minimum Gasteiger partial charge on any atom is -0.279 e. The van der Waals surface area contributed by atoms with Gasteiger partial charge in [0.25, 0.3) is 0 Å². The van der Waals surface area contributed by atoms with Crippen LogP contribution in [0.1, 0.15) is 19.4 Å². The van der Waals surface area contributed by atoms with E-state index in [0.29, 0.717) is 5.56 Å². The van der Waals surface area contributed by atoms with Crippen molar-refractivity contribution in [3.05, 3.63) is 35.9 Å². The molecule has 0 aliphatic carbocycles. The molecule has 15 heavy (non-hydrogen) atoms. The van der Waals surface area contributed by atoms with Gasteiger partial charge in [-0.1, -0.05) is 30.3 Å². The molecule has 82 valence electrons. The molecule has 4 heteroatoms. The molecule has 1 rings (SSSR count). The summed E-state index contributed by atoms with van der Waals surface area (Å²) in [4.78, 5) is 0.854. The number of halogens is 3. The zero-order valence-corrected chi connectivity index (χ0v) is 10.1. The molecule has 0 bridgehead atoms. The third kappa shape index (κ3) is 3.70. The molecule has 0 aromatic heterocycles. The maximum absolute atomic E-state index is 13.2. The van der Waals surface area contributed by atoms with Crippen molar-refractivity contribution >= 4 is 21.6 Å². The Morgan fingerprint density at radius 1 is 1.27 bits per heavy atom. The zero-order chi connectivity index (χ0) is 11.5. The largest absolute Gasteiger partial charge is 0.343 e. The van der Waals surface area contributed by atoms with Crippen LogP contribution in [0.3, 0.4) is 0 Å². The van der Waals surface area contributed by atoms with Crippen molar-refractivity contribution < 1.29 is 8.78 Å². The Hall–Kier alpha value is -0.770. The molecule has 0 fully saturated rings. The van der Waals surface area contributed by atoms with Gasteiger partial charge in [0.2, 0.25) is 0 Å². The van der Waals surface area contributed by atoms with Crippen molar-refractivity contribution in [1.29, 1.82) is 0 Å². The molecule has 1 aromatic carbocycles. The standard InChI is InChI=1S/C11H12BrF2N/c1-8(2)15-10(11(12,13)14)9-6-4-3-5-7-9/h3-8H,1-2H3. The summed E-state index contributed by atoms with van der Waals surface area (Å²) in [5.41, 5.74) is 0.214. The molecule has 0 saturated heterocycles. The second-order valence-corrected chi connectivity index (χ2v) is 4.43. The molecule has 0 N–H and O–H groups in total. The van der Waals surface area contributed by atoms with Crippen LogP contribution in [-0.2, 0) is 0 Å². The number of rotatable bonds is 3. The zero-order valence-electron chi connectivity index (χ0n) is 8.55. The van der Waals surface area contributed by atoms with Gasteiger partial charge >= 0.3 is 4.83 Å². The van der Waals surface area contributed by atoms with E-state index in [4.69, 9.17) is 0 Å². The SMILES string of the molecule is CC(C)N=C(c1ccccc1)C(F)(F)Br. The monoisotopic (exact) mass is 275 g/mol. The molecule has 0 heterocycles. The number of nitrogens with zero attached hydrogens (tertiary/aromatic N) is 1. The van der Waals surface area contributed by atoms with Gasteiger partial charge in [0.05, 0.1) is 0 Å². The average molecular weight is 276 g/mol. The topological polar surface area (TPSA) is 12.4 Å². The fraction of sp³-hybridized carbons (Fsp3) is 0.364. The van der Waals surface area contributed by atoms with Crippen molar-refractivity contribution in [2.45, 2.75) is 24.7 Å². The van der Waals surface area contributed by atoms with Gasteiger partial charge in [-0.05, 0) is 29.8 Å². The van der Waals surface area contributed by atoms with E-state index in [0.717, 1.165) is 0 Å². The second-order valence-electron chi connectivity index (χ2n) is 3.44. The van der Waals surface area contributed by atoms with Crippen LogP contribution in [0.2, 0.25) is 0 Å². The lowest BCUT2D eigenvalue weighted by Gasteiger charge is -2.13. The summed E-state index contributed by atoms with van der Waals surface area (Å²) < 4.78 is 26.4. The first-order valence-electron chi connectivity index (χ1n) is 4.61. The molecule has 1 aromatic rings. The fourth-order valence-electron chi connectivity index (χ4n) is 1.17. The Morgan fingerprint density at radius 3 is 2.20 bits per heavy atom. The lowest BCUT2D eigenvalue weighted by molar-refractivity contribution is 0.193. The lowest BCUT2D eigenvalue weighted by Crippen LogP contribution is -2.23. The van der Waals surface area contributed by atoms with Crippen LogP contribution in [0.25, 0.3) is 0 Å². The highest BCUT2D eigenvalue weighted by molar-refractivity contribution is 9.10. The van der Waals surface area contributed by atoms with E-state index >= 15 is 0 Å². The minimum absolute atomic E-state index is 0.163. The third-order valence-corrected chi connectivity index (χ3v) is 2.08. The van der Waals surface area contributed by atoms with Crippen LogP contribution in [0.4, 0.5) is 8.78 Å². The highest BCUT2D eigenvalue weighted by Gasteiger charge is 2.33. The highest BCUT2D eigenvalue weighted by Crippen LogP contribution is 2.28. The lowest BCUT2D eigenvalue weighted by atomic mass is 10.1. The molecule has 0 saturated carbocycles. The van der Waals surface area contributed by atoms with Gasteiger partial charge in [0.1, 0.15) is 5.71 Å². The summed E-state index contributed by atoms with van der Waals surface area (Å²) >= 11 is 2.35. The van der Waals surface area contributed by atoms with Crippen LogP contribution < -0.4 is 0 Å². The highest BCUT2D eigenvalue weighted by atomic mass is 79.9. The Labute approximate surface area is 96.4 Å². The van der Waals surface area contributed by atoms with Crippen molar-refractivity contribution in [3.8, 4) is 0 Å². The molecule has 0 unspecified atom stereocenters. The molecule has 0 amide bonds. The molecule has 1 nitrogen and oxygen atoms in total. The predicted octanol–water partition coefficient (Wildman–Crippen LogP) is 3.87. The average Bonchev–Trinajstić information content (AvgIpc) is 2.14. The summed E-state index contributed by atoms with van der Waals surface area (Å²) in [5, 5.41) is 0. The van der Waals surface area contributed by atoms with Gasteiger partial charge in [-0.2, -0.15) is 8.78 Å². The number of benzene rings is 1. The smallest absolute Gasteiger partial charge is 0.279 e. The Bertz CT molecular complexity index is 341. The van der Waals surface area contributed by atoms with E-state index in [1.807, 2.05) is 0 Å². The number of alkyl halides is 3. The molecule has 0 aliphatic rings. The van der Waals surface area contributed by atoms with Crippen LogP contribution in [-0.4, -0.2) is 16.6 Å². The van der Waals surface area contributed by atoms with Gasteiger partial charge in [-0.25, -0.2) is 0 Å². The molecular weight excluding hydrogens is 264 g/mol. The first kappa shape index (κ1) is 12.3. The van der Waals surface area contributed by atoms with E-state index in [-0.39, 0.29) is 11.8 Å². The molecule has 0 atom stereocenters. The minimum atomic E-state index is -3.08. The number of aliphatic imine (C=N–C) groups is 1. The van der Waals surface area contributed by atoms with Gasteiger partial charge in [-0.15, -0.1) is 0 Å². The molecule has 0 aliphatic heterocycles. The van der Waals surface area contributed by atoms with Crippen molar-refractivity contribution in [2.24, 2.45) is 4.99 Å². The van der Waals surface area contributed by atoms with E-state index in [1.54, 1.807) is 44.2 Å². The van der Waals surface area contributed by atoms with Gasteiger partial charge in [0, 0.05) is 11.6 Å². The Morgan fingerprint density at radius 2 is 1.80 bits per heavy atom. The van der Waals surface area contributed by atoms with E-state index in [1.165, 1.54) is 0 Å². The maximum atomic E-state index is 13.2. The van der Waals surface area contributed by atoms with E-state index < -0.39 is 4.83 Å². The quantitative estimate of drug-likeness (QED) is 0.587. The second kappa shape index (κ2) is 4.84. The van der Waals surface area contributed by atoms with Crippen LogP contribution >= 0.6 is 15.9 Å². The van der Waals surface area contributed by atoms with Crippen LogP contribution in [0.5, 0.6) is 0 Å². The molecule has 0 radical (unpaired) electrons. The number of hydrogen-bond acceptors (Lipinski definition) is 1. The van der Waals surface area contributed by atoms with Gasteiger partial charge in [-0.3, -0.25) is 4.99 Å². The summed E-state index contributed by atoms with van der Waals surface area (Å²) in [5.74, 6) is 0. The van der Waals surface area contributed by atoms with Gasteiger partial charge < -0.3 is 0 Å². The Balaban J connectivity index is 3.15. The van der Waals surface area contributed by atoms with E-state index in [2.05, 4.69) is 20.9 Å². The summed E-state index contributed by atoms with van der Waals surface area (Å²) in [6.45, 7) is 3.53. The normalized spacial score (nSPS) is 13.3. The summed E-state index contributed by atoms with van der Waals surface area (Å²) in [6.07, 6.45) is 0.